The smallest absolute Gasteiger partial charge is 0.130 e. The van der Waals surface area contributed by atoms with Gasteiger partial charge in [0.2, 0.25) is 0 Å². The van der Waals surface area contributed by atoms with Crippen LogP contribution in [-0.2, 0) is 0 Å². The summed E-state index contributed by atoms with van der Waals surface area (Å²) in [6.45, 7) is 13.8. The van der Waals surface area contributed by atoms with E-state index in [4.69, 9.17) is 0 Å². The lowest BCUT2D eigenvalue weighted by molar-refractivity contribution is -0.142. The molecule has 0 aliphatic carbocycles. The average Bonchev–Trinajstić information content (AvgIpc) is 2.61. The number of unbranched alkanes of at least 4 members (excludes halogenated alkanes) is 7. The minimum Gasteiger partial charge on any atom is -0.276 e. The van der Waals surface area contributed by atoms with Gasteiger partial charge < -0.3 is 0 Å². The Bertz CT molecular complexity index is 277. The Morgan fingerprint density at radius 2 is 1.04 bits per heavy atom. The zero-order valence-corrected chi connectivity index (χ0v) is 17.6. The highest BCUT2D eigenvalue weighted by Gasteiger charge is 2.40. The first-order chi connectivity index (χ1) is 11.5. The molecule has 3 heteroatoms. The van der Waals surface area contributed by atoms with Crippen molar-refractivity contribution >= 4 is 0 Å². The number of hydrogen-bond donors (Lipinski definition) is 0. The second-order valence-corrected chi connectivity index (χ2v) is 7.12. The van der Waals surface area contributed by atoms with Crippen LogP contribution in [0.5, 0.6) is 0 Å². The van der Waals surface area contributed by atoms with Gasteiger partial charge in [0.1, 0.15) is 5.79 Å². The molecule has 0 heterocycles. The van der Waals surface area contributed by atoms with Gasteiger partial charge in [-0.25, -0.2) is 0 Å². The minimum absolute atomic E-state index is 0.0577. The van der Waals surface area contributed by atoms with Gasteiger partial charge in [0.15, 0.2) is 0 Å². The predicted octanol–water partition coefficient (Wildman–Crippen LogP) is 5.19. The zero-order chi connectivity index (χ0) is 18.4. The maximum absolute atomic E-state index is 3.79. The molecule has 0 N–H and O–H groups in total. The van der Waals surface area contributed by atoms with Gasteiger partial charge in [0.05, 0.1) is 0 Å². The van der Waals surface area contributed by atoms with Crippen LogP contribution in [0.2, 0.25) is 0 Å². The molecule has 0 aromatic carbocycles. The number of nitrogens with zero attached hydrogens (tertiary/aromatic N) is 3. The molecule has 0 bridgehead atoms. The first kappa shape index (κ1) is 23.6. The van der Waals surface area contributed by atoms with Gasteiger partial charge in [-0.1, -0.05) is 59.0 Å². The summed E-state index contributed by atoms with van der Waals surface area (Å²) in [5.74, 6) is 0.0577. The standard InChI is InChI=1S/C21H45N3/c1-8-12-13-14-15-16-17-18-19-20-21(22(5)9-2,23(6)10-3)24(7)11-4/h8H,1,9-20H2,2-7H3. The van der Waals surface area contributed by atoms with Gasteiger partial charge in [-0.15, -0.1) is 6.58 Å². The number of allylic oxidation sites excluding steroid dienone is 1. The van der Waals surface area contributed by atoms with E-state index in [0.29, 0.717) is 0 Å². The Balaban J connectivity index is 4.43. The van der Waals surface area contributed by atoms with E-state index in [0.717, 1.165) is 19.6 Å². The van der Waals surface area contributed by atoms with Gasteiger partial charge in [-0.2, -0.15) is 0 Å². The second-order valence-electron chi connectivity index (χ2n) is 7.12. The van der Waals surface area contributed by atoms with Crippen molar-refractivity contribution in [2.75, 3.05) is 40.8 Å². The highest BCUT2D eigenvalue weighted by Crippen LogP contribution is 2.28. The van der Waals surface area contributed by atoms with E-state index >= 15 is 0 Å². The molecule has 0 aliphatic heterocycles. The van der Waals surface area contributed by atoms with Crippen molar-refractivity contribution in [2.45, 2.75) is 84.3 Å². The summed E-state index contributed by atoms with van der Waals surface area (Å²) < 4.78 is 0. The Hall–Kier alpha value is -0.380. The summed E-state index contributed by atoms with van der Waals surface area (Å²) >= 11 is 0. The van der Waals surface area contributed by atoms with Gasteiger partial charge in [-0.05, 0) is 66.5 Å². The van der Waals surface area contributed by atoms with Crippen LogP contribution in [0, 0.1) is 0 Å². The van der Waals surface area contributed by atoms with Crippen LogP contribution in [0.4, 0.5) is 0 Å². The highest BCUT2D eigenvalue weighted by atomic mass is 15.5. The van der Waals surface area contributed by atoms with Gasteiger partial charge in [0.25, 0.3) is 0 Å². The first-order valence-corrected chi connectivity index (χ1v) is 10.3. The van der Waals surface area contributed by atoms with Crippen molar-refractivity contribution in [3.05, 3.63) is 12.7 Å². The number of rotatable bonds is 16. The SMILES string of the molecule is C=CCCCCCCCCCC(N(C)CC)(N(C)CC)N(C)CC. The Kier molecular flexibility index (Phi) is 13.6. The van der Waals surface area contributed by atoms with Crippen LogP contribution < -0.4 is 0 Å². The topological polar surface area (TPSA) is 9.72 Å². The molecule has 24 heavy (non-hydrogen) atoms. The molecule has 144 valence electrons. The molecule has 0 amide bonds. The van der Waals surface area contributed by atoms with E-state index in [1.54, 1.807) is 0 Å². The molecule has 0 saturated heterocycles. The van der Waals surface area contributed by atoms with Crippen molar-refractivity contribution in [1.82, 2.24) is 14.7 Å². The van der Waals surface area contributed by atoms with E-state index in [1.165, 1.54) is 57.8 Å². The molecule has 0 unspecified atom stereocenters. The fourth-order valence-corrected chi connectivity index (χ4v) is 3.74. The quantitative estimate of drug-likeness (QED) is 0.218. The van der Waals surface area contributed by atoms with E-state index in [2.05, 4.69) is 63.2 Å². The Morgan fingerprint density at radius 1 is 0.667 bits per heavy atom. The monoisotopic (exact) mass is 339 g/mol. The Morgan fingerprint density at radius 3 is 1.42 bits per heavy atom. The normalized spacial score (nSPS) is 12.5. The van der Waals surface area contributed by atoms with E-state index in [9.17, 15) is 0 Å². The molecule has 0 spiro atoms. The van der Waals surface area contributed by atoms with Crippen molar-refractivity contribution < 1.29 is 0 Å². The summed E-state index contributed by atoms with van der Waals surface area (Å²) in [4.78, 5) is 7.57. The van der Waals surface area contributed by atoms with Gasteiger partial charge in [0, 0.05) is 0 Å². The van der Waals surface area contributed by atoms with Crippen LogP contribution in [0.25, 0.3) is 0 Å². The Labute approximate surface area is 153 Å². The lowest BCUT2D eigenvalue weighted by atomic mass is 10.0. The predicted molar refractivity (Wildman–Crippen MR) is 109 cm³/mol. The van der Waals surface area contributed by atoms with Crippen LogP contribution in [0.15, 0.2) is 12.7 Å². The zero-order valence-electron chi connectivity index (χ0n) is 17.6. The maximum Gasteiger partial charge on any atom is 0.130 e. The summed E-state index contributed by atoms with van der Waals surface area (Å²) in [5.41, 5.74) is 0. The number of hydrogen-bond acceptors (Lipinski definition) is 3. The van der Waals surface area contributed by atoms with Gasteiger partial charge in [-0.3, -0.25) is 14.7 Å². The lowest BCUT2D eigenvalue weighted by Gasteiger charge is -2.53. The summed E-state index contributed by atoms with van der Waals surface area (Å²) in [7, 11) is 6.83. The molecule has 0 atom stereocenters. The highest BCUT2D eigenvalue weighted by molar-refractivity contribution is 4.86. The fraction of sp³-hybridized carbons (Fsp3) is 0.905. The third kappa shape index (κ3) is 7.25. The minimum atomic E-state index is 0.0577. The largest absolute Gasteiger partial charge is 0.276 e. The molecular formula is C21H45N3. The third-order valence-corrected chi connectivity index (χ3v) is 5.68. The molecular weight excluding hydrogens is 294 g/mol. The van der Waals surface area contributed by atoms with Crippen molar-refractivity contribution in [2.24, 2.45) is 0 Å². The molecule has 0 fully saturated rings. The molecule has 0 aromatic heterocycles. The summed E-state index contributed by atoms with van der Waals surface area (Å²) in [6, 6.07) is 0. The summed E-state index contributed by atoms with van der Waals surface area (Å²) in [6.07, 6.45) is 14.0. The molecule has 0 aromatic rings. The van der Waals surface area contributed by atoms with E-state index < -0.39 is 0 Å². The third-order valence-electron chi connectivity index (χ3n) is 5.68. The van der Waals surface area contributed by atoms with E-state index in [-0.39, 0.29) is 5.79 Å². The molecule has 0 radical (unpaired) electrons. The molecule has 0 aliphatic rings. The lowest BCUT2D eigenvalue weighted by Crippen LogP contribution is -2.67. The molecule has 0 saturated carbocycles. The van der Waals surface area contributed by atoms with Crippen LogP contribution in [0.3, 0.4) is 0 Å². The van der Waals surface area contributed by atoms with Crippen molar-refractivity contribution in [3.8, 4) is 0 Å². The molecule has 0 rings (SSSR count). The fourth-order valence-electron chi connectivity index (χ4n) is 3.74. The van der Waals surface area contributed by atoms with Crippen molar-refractivity contribution in [1.29, 1.82) is 0 Å². The van der Waals surface area contributed by atoms with Gasteiger partial charge >= 0.3 is 0 Å². The second kappa shape index (κ2) is 13.9. The van der Waals surface area contributed by atoms with Crippen LogP contribution >= 0.6 is 0 Å². The maximum atomic E-state index is 3.79. The molecule has 3 nitrogen and oxygen atoms in total. The van der Waals surface area contributed by atoms with Crippen molar-refractivity contribution in [3.63, 3.8) is 0 Å². The average molecular weight is 340 g/mol. The summed E-state index contributed by atoms with van der Waals surface area (Å²) in [5, 5.41) is 0. The van der Waals surface area contributed by atoms with Crippen LogP contribution in [0.1, 0.15) is 78.6 Å². The first-order valence-electron chi connectivity index (χ1n) is 10.3. The van der Waals surface area contributed by atoms with Crippen LogP contribution in [-0.4, -0.2) is 61.3 Å². The van der Waals surface area contributed by atoms with E-state index in [1.807, 2.05) is 6.08 Å².